The van der Waals surface area contributed by atoms with Gasteiger partial charge in [0.15, 0.2) is 0 Å². The van der Waals surface area contributed by atoms with Gasteiger partial charge >= 0.3 is 0 Å². The maximum Gasteiger partial charge on any atom is 0.248 e. The lowest BCUT2D eigenvalue weighted by Gasteiger charge is -2.00. The Morgan fingerprint density at radius 3 is 2.00 bits per heavy atom. The topological polar surface area (TPSA) is 43.1 Å². The number of primary amides is 1. The molecular formula is C11H19NO. The van der Waals surface area contributed by atoms with E-state index in [1.165, 1.54) is 0 Å². The summed E-state index contributed by atoms with van der Waals surface area (Å²) < 4.78 is 0. The zero-order chi connectivity index (χ0) is 10.4. The highest BCUT2D eigenvalue weighted by molar-refractivity contribution is 5.94. The molecule has 0 saturated heterocycles. The van der Waals surface area contributed by atoms with Crippen LogP contribution in [0.3, 0.4) is 0 Å². The van der Waals surface area contributed by atoms with Gasteiger partial charge < -0.3 is 5.73 Å². The largest absolute Gasteiger partial charge is 0.366 e. The number of hydrogen-bond acceptors (Lipinski definition) is 1. The van der Waals surface area contributed by atoms with Crippen LogP contribution in [0.1, 0.15) is 27.7 Å². The minimum Gasteiger partial charge on any atom is -0.366 e. The fourth-order valence-corrected chi connectivity index (χ4v) is 0.875. The van der Waals surface area contributed by atoms with Gasteiger partial charge in [0.2, 0.25) is 5.91 Å². The highest BCUT2D eigenvalue weighted by Gasteiger charge is 2.01. The molecule has 0 aliphatic rings. The molecule has 2 N–H and O–H groups in total. The van der Waals surface area contributed by atoms with Gasteiger partial charge in [0.05, 0.1) is 0 Å². The molecule has 0 unspecified atom stereocenters. The second-order valence-electron chi connectivity index (χ2n) is 3.83. The molecule has 2 heteroatoms. The number of nitrogens with two attached hydrogens (primary N) is 1. The maximum atomic E-state index is 11.0. The molecule has 0 aliphatic carbocycles. The van der Waals surface area contributed by atoms with E-state index >= 15 is 0 Å². The van der Waals surface area contributed by atoms with Gasteiger partial charge in [-0.05, 0) is 11.8 Å². The SMILES string of the molecule is CC(C)/C=C\C(=C/C(C)C)C(N)=O. The van der Waals surface area contributed by atoms with Gasteiger partial charge in [0, 0.05) is 5.57 Å². The van der Waals surface area contributed by atoms with Gasteiger partial charge in [0.25, 0.3) is 0 Å². The number of carbonyl (C=O) groups excluding carboxylic acids is 1. The molecule has 0 saturated carbocycles. The van der Waals surface area contributed by atoms with Crippen molar-refractivity contribution >= 4 is 5.91 Å². The van der Waals surface area contributed by atoms with Crippen LogP contribution in [0, 0.1) is 11.8 Å². The molecule has 0 aliphatic heterocycles. The van der Waals surface area contributed by atoms with Gasteiger partial charge in [-0.2, -0.15) is 0 Å². The van der Waals surface area contributed by atoms with Crippen molar-refractivity contribution in [1.82, 2.24) is 0 Å². The lowest BCUT2D eigenvalue weighted by molar-refractivity contribution is -0.114. The average molecular weight is 181 g/mol. The van der Waals surface area contributed by atoms with Crippen LogP contribution in [0.4, 0.5) is 0 Å². The number of hydrogen-bond donors (Lipinski definition) is 1. The van der Waals surface area contributed by atoms with E-state index in [1.807, 2.05) is 26.0 Å². The van der Waals surface area contributed by atoms with Crippen molar-refractivity contribution in [3.63, 3.8) is 0 Å². The van der Waals surface area contributed by atoms with E-state index in [0.717, 1.165) is 0 Å². The average Bonchev–Trinajstić information content (AvgIpc) is 1.96. The monoisotopic (exact) mass is 181 g/mol. The Morgan fingerprint density at radius 2 is 1.69 bits per heavy atom. The van der Waals surface area contributed by atoms with Crippen LogP contribution in [-0.2, 0) is 4.79 Å². The predicted octanol–water partition coefficient (Wildman–Crippen LogP) is 2.27. The molecule has 1 amide bonds. The first-order chi connectivity index (χ1) is 5.93. The van der Waals surface area contributed by atoms with Crippen molar-refractivity contribution in [1.29, 1.82) is 0 Å². The Labute approximate surface area is 80.5 Å². The third-order valence-corrected chi connectivity index (χ3v) is 1.46. The van der Waals surface area contributed by atoms with Crippen LogP contribution < -0.4 is 5.73 Å². The highest BCUT2D eigenvalue weighted by atomic mass is 16.1. The molecule has 0 aromatic rings. The molecule has 0 aromatic carbocycles. The summed E-state index contributed by atoms with van der Waals surface area (Å²) in [6.07, 6.45) is 5.65. The van der Waals surface area contributed by atoms with Crippen LogP contribution in [0.5, 0.6) is 0 Å². The number of rotatable bonds is 4. The Hall–Kier alpha value is -1.05. The maximum absolute atomic E-state index is 11.0. The van der Waals surface area contributed by atoms with Gasteiger partial charge in [-0.3, -0.25) is 4.79 Å². The molecular weight excluding hydrogens is 162 g/mol. The molecule has 0 bridgehead atoms. The van der Waals surface area contributed by atoms with Crippen molar-refractivity contribution in [2.45, 2.75) is 27.7 Å². The van der Waals surface area contributed by atoms with Crippen LogP contribution in [0.2, 0.25) is 0 Å². The molecule has 0 radical (unpaired) electrons. The zero-order valence-electron chi connectivity index (χ0n) is 8.87. The summed E-state index contributed by atoms with van der Waals surface area (Å²) in [4.78, 5) is 11.0. The zero-order valence-corrected chi connectivity index (χ0v) is 8.87. The molecule has 0 fully saturated rings. The van der Waals surface area contributed by atoms with Crippen molar-refractivity contribution in [3.8, 4) is 0 Å². The van der Waals surface area contributed by atoms with Gasteiger partial charge in [0.1, 0.15) is 0 Å². The standard InChI is InChI=1S/C11H19NO/c1-8(2)5-6-10(11(12)13)7-9(3)4/h5-9H,1-4H3,(H2,12,13)/b6-5-,10-7+. The quantitative estimate of drug-likeness (QED) is 0.524. The van der Waals surface area contributed by atoms with Gasteiger partial charge in [-0.1, -0.05) is 45.9 Å². The summed E-state index contributed by atoms with van der Waals surface area (Å²) in [6, 6.07) is 0. The van der Waals surface area contributed by atoms with E-state index < -0.39 is 0 Å². The lowest BCUT2D eigenvalue weighted by atomic mass is 10.1. The van der Waals surface area contributed by atoms with E-state index in [-0.39, 0.29) is 5.91 Å². The number of amides is 1. The van der Waals surface area contributed by atoms with E-state index in [0.29, 0.717) is 17.4 Å². The van der Waals surface area contributed by atoms with E-state index in [2.05, 4.69) is 13.8 Å². The van der Waals surface area contributed by atoms with Gasteiger partial charge in [-0.25, -0.2) is 0 Å². The third-order valence-electron chi connectivity index (χ3n) is 1.46. The second kappa shape index (κ2) is 5.57. The van der Waals surface area contributed by atoms with Crippen LogP contribution in [0.15, 0.2) is 23.8 Å². The summed E-state index contributed by atoms with van der Waals surface area (Å²) in [5.41, 5.74) is 5.81. The second-order valence-corrected chi connectivity index (χ2v) is 3.83. The fourth-order valence-electron chi connectivity index (χ4n) is 0.875. The first-order valence-electron chi connectivity index (χ1n) is 4.63. The summed E-state index contributed by atoms with van der Waals surface area (Å²) in [7, 11) is 0. The summed E-state index contributed by atoms with van der Waals surface area (Å²) in [6.45, 7) is 8.16. The van der Waals surface area contributed by atoms with Crippen molar-refractivity contribution < 1.29 is 4.79 Å². The minimum absolute atomic E-state index is 0.347. The van der Waals surface area contributed by atoms with E-state index in [1.54, 1.807) is 6.08 Å². The molecule has 0 atom stereocenters. The molecule has 0 spiro atoms. The lowest BCUT2D eigenvalue weighted by Crippen LogP contribution is -2.13. The number of carbonyl (C=O) groups is 1. The van der Waals surface area contributed by atoms with Crippen LogP contribution >= 0.6 is 0 Å². The molecule has 0 heterocycles. The van der Waals surface area contributed by atoms with Crippen molar-refractivity contribution in [2.24, 2.45) is 17.6 Å². The summed E-state index contributed by atoms with van der Waals surface area (Å²) in [5, 5.41) is 0. The van der Waals surface area contributed by atoms with Crippen molar-refractivity contribution in [3.05, 3.63) is 23.8 Å². The predicted molar refractivity (Wildman–Crippen MR) is 56.1 cm³/mol. The Morgan fingerprint density at radius 1 is 1.15 bits per heavy atom. The number of allylic oxidation sites excluding steroid dienone is 2. The molecule has 74 valence electrons. The van der Waals surface area contributed by atoms with E-state index in [9.17, 15) is 4.79 Å². The summed E-state index contributed by atoms with van der Waals surface area (Å²) >= 11 is 0. The molecule has 13 heavy (non-hydrogen) atoms. The van der Waals surface area contributed by atoms with Crippen molar-refractivity contribution in [2.75, 3.05) is 0 Å². The Balaban J connectivity index is 4.54. The summed E-state index contributed by atoms with van der Waals surface area (Å²) in [5.74, 6) is 0.430. The Kier molecular flexibility index (Phi) is 5.12. The van der Waals surface area contributed by atoms with E-state index in [4.69, 9.17) is 5.73 Å². The highest BCUT2D eigenvalue weighted by Crippen LogP contribution is 2.05. The smallest absolute Gasteiger partial charge is 0.248 e. The molecule has 0 aromatic heterocycles. The molecule has 0 rings (SSSR count). The normalized spacial score (nSPS) is 13.2. The fraction of sp³-hybridized carbons (Fsp3) is 0.545. The third kappa shape index (κ3) is 6.14. The first-order valence-corrected chi connectivity index (χ1v) is 4.63. The Bertz CT molecular complexity index is 224. The first kappa shape index (κ1) is 11.9. The minimum atomic E-state index is -0.356. The molecule has 2 nitrogen and oxygen atoms in total. The van der Waals surface area contributed by atoms with Gasteiger partial charge in [-0.15, -0.1) is 0 Å². The van der Waals surface area contributed by atoms with Crippen LogP contribution in [-0.4, -0.2) is 5.91 Å². The van der Waals surface area contributed by atoms with Crippen LogP contribution in [0.25, 0.3) is 0 Å².